The van der Waals surface area contributed by atoms with Crippen molar-refractivity contribution in [3.8, 4) is 11.5 Å². The lowest BCUT2D eigenvalue weighted by Crippen LogP contribution is -2.02. The Morgan fingerprint density at radius 3 is 2.69 bits per heavy atom. The molecule has 1 aromatic carbocycles. The summed E-state index contributed by atoms with van der Waals surface area (Å²) in [4.78, 5) is 13.4. The van der Waals surface area contributed by atoms with Crippen molar-refractivity contribution >= 4 is 10.9 Å². The maximum absolute atomic E-state index is 10.9. The van der Waals surface area contributed by atoms with Gasteiger partial charge in [0.25, 0.3) is 5.56 Å². The number of pyridine rings is 1. The predicted octanol–water partition coefficient (Wildman–Crippen LogP) is 0.939. The molecule has 1 aromatic heterocycles. The van der Waals surface area contributed by atoms with Crippen molar-refractivity contribution in [1.82, 2.24) is 4.98 Å². The molecule has 0 aliphatic carbocycles. The van der Waals surface area contributed by atoms with Gasteiger partial charge in [-0.2, -0.15) is 0 Å². The Kier molecular flexibility index (Phi) is 1.48. The SMILES string of the molecule is O=c1cc(O)c2cc(O)ccc2[nH]1. The highest BCUT2D eigenvalue weighted by Crippen LogP contribution is 2.24. The molecule has 0 unspecified atom stereocenters. The first-order valence-corrected chi connectivity index (χ1v) is 3.72. The van der Waals surface area contributed by atoms with Gasteiger partial charge in [-0.25, -0.2) is 0 Å². The van der Waals surface area contributed by atoms with Crippen molar-refractivity contribution in [2.45, 2.75) is 0 Å². The number of H-pyrrole nitrogens is 1. The second-order valence-electron chi connectivity index (χ2n) is 2.75. The quantitative estimate of drug-likeness (QED) is 0.560. The van der Waals surface area contributed by atoms with E-state index in [1.807, 2.05) is 0 Å². The average Bonchev–Trinajstić information content (AvgIpc) is 2.06. The van der Waals surface area contributed by atoms with Crippen LogP contribution in [0.1, 0.15) is 0 Å². The first kappa shape index (κ1) is 7.67. The van der Waals surface area contributed by atoms with Crippen LogP contribution in [-0.2, 0) is 0 Å². The molecule has 4 heteroatoms. The number of hydrogen-bond donors (Lipinski definition) is 3. The van der Waals surface area contributed by atoms with Crippen LogP contribution in [0.2, 0.25) is 0 Å². The van der Waals surface area contributed by atoms with Crippen molar-refractivity contribution in [2.75, 3.05) is 0 Å². The Labute approximate surface area is 73.1 Å². The number of phenolic OH excluding ortho intramolecular Hbond substituents is 1. The summed E-state index contributed by atoms with van der Waals surface area (Å²) in [6.07, 6.45) is 0. The highest BCUT2D eigenvalue weighted by atomic mass is 16.3. The third kappa shape index (κ3) is 1.22. The van der Waals surface area contributed by atoms with Crippen molar-refractivity contribution in [2.24, 2.45) is 0 Å². The summed E-state index contributed by atoms with van der Waals surface area (Å²) in [5, 5.41) is 18.9. The molecule has 0 amide bonds. The average molecular weight is 177 g/mol. The monoisotopic (exact) mass is 177 g/mol. The molecule has 0 aliphatic heterocycles. The van der Waals surface area contributed by atoms with Crippen LogP contribution in [0.4, 0.5) is 0 Å². The van der Waals surface area contributed by atoms with E-state index in [1.54, 1.807) is 0 Å². The van der Waals surface area contributed by atoms with Crippen molar-refractivity contribution < 1.29 is 10.2 Å². The maximum Gasteiger partial charge on any atom is 0.252 e. The number of fused-ring (bicyclic) bond motifs is 1. The lowest BCUT2D eigenvalue weighted by molar-refractivity contribution is 0.471. The molecule has 0 bridgehead atoms. The Bertz CT molecular complexity index is 516. The van der Waals surface area contributed by atoms with Crippen LogP contribution < -0.4 is 5.56 Å². The van der Waals surface area contributed by atoms with E-state index in [-0.39, 0.29) is 17.1 Å². The Morgan fingerprint density at radius 1 is 1.15 bits per heavy atom. The lowest BCUT2D eigenvalue weighted by atomic mass is 10.2. The van der Waals surface area contributed by atoms with Crippen LogP contribution in [0.3, 0.4) is 0 Å². The molecule has 13 heavy (non-hydrogen) atoms. The smallest absolute Gasteiger partial charge is 0.252 e. The summed E-state index contributed by atoms with van der Waals surface area (Å²) < 4.78 is 0. The summed E-state index contributed by atoms with van der Waals surface area (Å²) >= 11 is 0. The molecule has 4 nitrogen and oxygen atoms in total. The summed E-state index contributed by atoms with van der Waals surface area (Å²) in [6, 6.07) is 5.44. The van der Waals surface area contributed by atoms with Gasteiger partial charge >= 0.3 is 0 Å². The molecule has 0 saturated heterocycles. The molecule has 2 aromatic rings. The molecular weight excluding hydrogens is 170 g/mol. The third-order valence-corrected chi connectivity index (χ3v) is 1.80. The number of nitrogens with one attached hydrogen (secondary N) is 1. The summed E-state index contributed by atoms with van der Waals surface area (Å²) in [5.74, 6) is -0.0792. The normalized spacial score (nSPS) is 10.5. The fourth-order valence-corrected chi connectivity index (χ4v) is 1.22. The van der Waals surface area contributed by atoms with Crippen molar-refractivity contribution in [3.63, 3.8) is 0 Å². The standard InChI is InChI=1S/C9H7NO3/c11-5-1-2-7-6(3-5)8(12)4-9(13)10-7/h1-4,11H,(H2,10,12,13). The van der Waals surface area contributed by atoms with Gasteiger partial charge in [-0.3, -0.25) is 4.79 Å². The zero-order chi connectivity index (χ0) is 9.42. The van der Waals surface area contributed by atoms with Crippen LogP contribution in [-0.4, -0.2) is 15.2 Å². The first-order chi connectivity index (χ1) is 6.16. The molecule has 3 N–H and O–H groups in total. The maximum atomic E-state index is 10.9. The molecule has 0 fully saturated rings. The number of hydrogen-bond acceptors (Lipinski definition) is 3. The zero-order valence-electron chi connectivity index (χ0n) is 6.61. The van der Waals surface area contributed by atoms with Gasteiger partial charge in [0.1, 0.15) is 11.5 Å². The second kappa shape index (κ2) is 2.52. The Hall–Kier alpha value is -1.97. The molecule has 0 atom stereocenters. The number of aromatic hydroxyl groups is 2. The van der Waals surface area contributed by atoms with Crippen molar-refractivity contribution in [1.29, 1.82) is 0 Å². The zero-order valence-corrected chi connectivity index (χ0v) is 6.61. The first-order valence-electron chi connectivity index (χ1n) is 3.72. The van der Waals surface area contributed by atoms with Crippen LogP contribution in [0.15, 0.2) is 29.1 Å². The number of benzene rings is 1. The summed E-state index contributed by atoms with van der Waals surface area (Å²) in [6.45, 7) is 0. The molecule has 0 radical (unpaired) electrons. The van der Waals surface area contributed by atoms with Gasteiger partial charge in [0, 0.05) is 11.5 Å². The highest BCUT2D eigenvalue weighted by Gasteiger charge is 2.01. The minimum atomic E-state index is -0.365. The molecule has 0 spiro atoms. The molecule has 2 rings (SSSR count). The van der Waals surface area contributed by atoms with Gasteiger partial charge in [-0.1, -0.05) is 0 Å². The van der Waals surface area contributed by atoms with Crippen molar-refractivity contribution in [3.05, 3.63) is 34.6 Å². The van der Waals surface area contributed by atoms with Crippen LogP contribution in [0.25, 0.3) is 10.9 Å². The van der Waals surface area contributed by atoms with Gasteiger partial charge in [0.05, 0.1) is 5.52 Å². The molecule has 66 valence electrons. The van der Waals surface area contributed by atoms with E-state index in [9.17, 15) is 9.90 Å². The second-order valence-corrected chi connectivity index (χ2v) is 2.75. The topological polar surface area (TPSA) is 73.3 Å². The van der Waals surface area contributed by atoms with E-state index in [1.165, 1.54) is 18.2 Å². The largest absolute Gasteiger partial charge is 0.508 e. The van der Waals surface area contributed by atoms with Gasteiger partial charge in [-0.15, -0.1) is 0 Å². The number of rotatable bonds is 0. The Morgan fingerprint density at radius 2 is 1.92 bits per heavy atom. The van der Waals surface area contributed by atoms with E-state index in [4.69, 9.17) is 5.11 Å². The predicted molar refractivity (Wildman–Crippen MR) is 47.9 cm³/mol. The lowest BCUT2D eigenvalue weighted by Gasteiger charge is -2.00. The van der Waals surface area contributed by atoms with Crippen LogP contribution in [0, 0.1) is 0 Å². The molecule has 0 saturated carbocycles. The highest BCUT2D eigenvalue weighted by molar-refractivity contribution is 5.85. The van der Waals surface area contributed by atoms with E-state index >= 15 is 0 Å². The fraction of sp³-hybridized carbons (Fsp3) is 0. The van der Waals surface area contributed by atoms with Crippen LogP contribution >= 0.6 is 0 Å². The third-order valence-electron chi connectivity index (χ3n) is 1.80. The van der Waals surface area contributed by atoms with Crippen LogP contribution in [0.5, 0.6) is 11.5 Å². The summed E-state index contributed by atoms with van der Waals surface area (Å²) in [5.41, 5.74) is 0.137. The van der Waals surface area contributed by atoms with E-state index in [0.29, 0.717) is 10.9 Å². The number of phenols is 1. The minimum Gasteiger partial charge on any atom is -0.508 e. The number of aromatic amines is 1. The van der Waals surface area contributed by atoms with E-state index in [2.05, 4.69) is 4.98 Å². The van der Waals surface area contributed by atoms with Gasteiger partial charge < -0.3 is 15.2 Å². The van der Waals surface area contributed by atoms with E-state index in [0.717, 1.165) is 6.07 Å². The molecule has 1 heterocycles. The Balaban J connectivity index is 2.95. The van der Waals surface area contributed by atoms with Gasteiger partial charge in [0.2, 0.25) is 0 Å². The molecule has 0 aliphatic rings. The van der Waals surface area contributed by atoms with Gasteiger partial charge in [0.15, 0.2) is 0 Å². The molecular formula is C9H7NO3. The number of aromatic nitrogens is 1. The van der Waals surface area contributed by atoms with E-state index < -0.39 is 0 Å². The van der Waals surface area contributed by atoms with Gasteiger partial charge in [-0.05, 0) is 18.2 Å². The summed E-state index contributed by atoms with van der Waals surface area (Å²) in [7, 11) is 0. The fourth-order valence-electron chi connectivity index (χ4n) is 1.22. The minimum absolute atomic E-state index is 0.0508.